The van der Waals surface area contributed by atoms with Crippen LogP contribution < -0.4 is 5.73 Å². The molecule has 0 fully saturated rings. The number of nitrogen functional groups attached to an aromatic ring is 1. The Morgan fingerprint density at radius 1 is 1.10 bits per heavy atom. The average molecular weight is 294 g/mol. The van der Waals surface area contributed by atoms with Crippen molar-refractivity contribution in [3.63, 3.8) is 0 Å². The number of fused-ring (bicyclic) bond motifs is 1. The molecule has 3 heterocycles. The van der Waals surface area contributed by atoms with Crippen LogP contribution in [0.2, 0.25) is 0 Å². The Kier molecular flexibility index (Phi) is 2.65. The Morgan fingerprint density at radius 2 is 2.05 bits per heavy atom. The lowest BCUT2D eigenvalue weighted by atomic mass is 10.1. The average Bonchev–Trinajstić information content (AvgIpc) is 3.19. The monoisotopic (exact) mass is 294 g/mol. The minimum Gasteiger partial charge on any atom is -0.382 e. The van der Waals surface area contributed by atoms with Crippen LogP contribution in [0.4, 0.5) is 5.82 Å². The normalized spacial score (nSPS) is 11.0. The Hall–Kier alpha value is -2.80. The van der Waals surface area contributed by atoms with Gasteiger partial charge in [0.25, 0.3) is 0 Å². The summed E-state index contributed by atoms with van der Waals surface area (Å²) in [4.78, 5) is 4.46. The second-order valence-electron chi connectivity index (χ2n) is 4.46. The molecule has 0 unspecified atom stereocenters. The van der Waals surface area contributed by atoms with Gasteiger partial charge in [0, 0.05) is 18.0 Å². The number of thiazole rings is 1. The molecule has 4 rings (SSSR count). The number of nitrogens with zero attached hydrogens (tertiary/aromatic N) is 5. The van der Waals surface area contributed by atoms with Crippen molar-refractivity contribution in [3.8, 4) is 16.9 Å². The number of aromatic nitrogens is 5. The molecule has 0 amide bonds. The summed E-state index contributed by atoms with van der Waals surface area (Å²) < 4.78 is 2.86. The van der Waals surface area contributed by atoms with Crippen LogP contribution >= 0.6 is 11.3 Å². The maximum Gasteiger partial charge on any atom is 0.146 e. The van der Waals surface area contributed by atoms with E-state index in [1.54, 1.807) is 28.3 Å². The molecule has 0 bridgehead atoms. The van der Waals surface area contributed by atoms with Crippen molar-refractivity contribution in [2.24, 2.45) is 0 Å². The molecule has 0 radical (unpaired) electrons. The molecule has 0 aliphatic carbocycles. The van der Waals surface area contributed by atoms with E-state index in [1.807, 2.05) is 36.0 Å². The quantitative estimate of drug-likeness (QED) is 0.614. The Bertz CT molecular complexity index is 895. The number of benzene rings is 1. The van der Waals surface area contributed by atoms with Gasteiger partial charge in [0.2, 0.25) is 0 Å². The maximum absolute atomic E-state index is 5.59. The molecule has 4 aromatic rings. The van der Waals surface area contributed by atoms with E-state index < -0.39 is 0 Å². The van der Waals surface area contributed by atoms with Crippen molar-refractivity contribution < 1.29 is 0 Å². The highest BCUT2D eigenvalue weighted by atomic mass is 32.1. The summed E-state index contributed by atoms with van der Waals surface area (Å²) in [5.41, 5.74) is 11.0. The third-order valence-corrected chi connectivity index (χ3v) is 4.03. The smallest absolute Gasteiger partial charge is 0.146 e. The van der Waals surface area contributed by atoms with E-state index in [-0.39, 0.29) is 0 Å². The minimum atomic E-state index is 0.410. The van der Waals surface area contributed by atoms with Crippen LogP contribution in [0, 0.1) is 0 Å². The number of anilines is 1. The Labute approximate surface area is 123 Å². The van der Waals surface area contributed by atoms with Gasteiger partial charge in [-0.1, -0.05) is 0 Å². The third-order valence-electron chi connectivity index (χ3n) is 3.17. The Morgan fingerprint density at radius 3 is 2.81 bits per heavy atom. The summed E-state index contributed by atoms with van der Waals surface area (Å²) in [5, 5.41) is 12.3. The van der Waals surface area contributed by atoms with E-state index in [1.165, 1.54) is 0 Å². The molecule has 3 aromatic heterocycles. The first-order valence-electron chi connectivity index (χ1n) is 6.29. The van der Waals surface area contributed by atoms with Gasteiger partial charge >= 0.3 is 0 Å². The first-order chi connectivity index (χ1) is 10.3. The van der Waals surface area contributed by atoms with Crippen molar-refractivity contribution in [1.82, 2.24) is 25.0 Å². The summed E-state index contributed by atoms with van der Waals surface area (Å²) >= 11 is 1.57. The summed E-state index contributed by atoms with van der Waals surface area (Å²) in [6.45, 7) is 0. The fraction of sp³-hybridized carbons (Fsp3) is 0. The van der Waals surface area contributed by atoms with Crippen LogP contribution in [0.1, 0.15) is 0 Å². The van der Waals surface area contributed by atoms with Gasteiger partial charge in [-0.25, -0.2) is 9.67 Å². The summed E-state index contributed by atoms with van der Waals surface area (Å²) in [7, 11) is 0. The molecule has 0 saturated heterocycles. The first kappa shape index (κ1) is 12.0. The molecule has 0 atom stereocenters. The van der Waals surface area contributed by atoms with Crippen molar-refractivity contribution in [1.29, 1.82) is 0 Å². The Balaban J connectivity index is 1.95. The molecule has 2 N–H and O–H groups in total. The third kappa shape index (κ3) is 1.95. The van der Waals surface area contributed by atoms with Gasteiger partial charge in [-0.3, -0.25) is 0 Å². The first-order valence-corrected chi connectivity index (χ1v) is 7.17. The van der Waals surface area contributed by atoms with Gasteiger partial charge in [-0.15, -0.1) is 21.5 Å². The molecule has 21 heavy (non-hydrogen) atoms. The van der Waals surface area contributed by atoms with Gasteiger partial charge < -0.3 is 5.73 Å². The van der Waals surface area contributed by atoms with Crippen LogP contribution in [0.3, 0.4) is 0 Å². The van der Waals surface area contributed by atoms with Gasteiger partial charge in [0.05, 0.1) is 21.6 Å². The highest BCUT2D eigenvalue weighted by molar-refractivity contribution is 7.17. The molecule has 0 aliphatic heterocycles. The fourth-order valence-electron chi connectivity index (χ4n) is 2.22. The molecule has 102 valence electrons. The number of nitrogens with two attached hydrogens (primary N) is 1. The molecule has 1 aromatic carbocycles. The molecule has 6 nitrogen and oxygen atoms in total. The minimum absolute atomic E-state index is 0.410. The largest absolute Gasteiger partial charge is 0.382 e. The van der Waals surface area contributed by atoms with Gasteiger partial charge in [0.15, 0.2) is 0 Å². The van der Waals surface area contributed by atoms with E-state index in [0.29, 0.717) is 5.82 Å². The molecular weight excluding hydrogens is 284 g/mol. The second-order valence-corrected chi connectivity index (χ2v) is 5.31. The lowest BCUT2D eigenvalue weighted by molar-refractivity contribution is 0.885. The highest BCUT2D eigenvalue weighted by Gasteiger charge is 2.13. The van der Waals surface area contributed by atoms with E-state index in [2.05, 4.69) is 20.3 Å². The van der Waals surface area contributed by atoms with E-state index >= 15 is 0 Å². The van der Waals surface area contributed by atoms with E-state index in [0.717, 1.165) is 27.2 Å². The number of hydrogen-bond donors (Lipinski definition) is 1. The zero-order valence-electron chi connectivity index (χ0n) is 10.8. The van der Waals surface area contributed by atoms with Crippen molar-refractivity contribution in [3.05, 3.63) is 48.2 Å². The van der Waals surface area contributed by atoms with Gasteiger partial charge in [-0.2, -0.15) is 5.10 Å². The highest BCUT2D eigenvalue weighted by Crippen LogP contribution is 2.33. The molecule has 7 heteroatoms. The van der Waals surface area contributed by atoms with Crippen LogP contribution in [-0.4, -0.2) is 25.0 Å². The fourth-order valence-corrected chi connectivity index (χ4v) is 3.05. The predicted octanol–water partition coefficient (Wildman–Crippen LogP) is 2.52. The zero-order chi connectivity index (χ0) is 14.2. The van der Waals surface area contributed by atoms with E-state index in [4.69, 9.17) is 5.73 Å². The number of hydrogen-bond acceptors (Lipinski definition) is 6. The lowest BCUT2D eigenvalue weighted by Crippen LogP contribution is -1.97. The van der Waals surface area contributed by atoms with Crippen molar-refractivity contribution in [2.75, 3.05) is 5.73 Å². The number of rotatable bonds is 2. The predicted molar refractivity (Wildman–Crippen MR) is 82.2 cm³/mol. The molecule has 0 aliphatic rings. The molecular formula is C14H10N6S. The maximum atomic E-state index is 5.59. The van der Waals surface area contributed by atoms with Crippen LogP contribution in [0.15, 0.2) is 48.2 Å². The van der Waals surface area contributed by atoms with Gasteiger partial charge in [0.1, 0.15) is 11.3 Å². The zero-order valence-corrected chi connectivity index (χ0v) is 11.7. The summed E-state index contributed by atoms with van der Waals surface area (Å²) in [6, 6.07) is 9.50. The summed E-state index contributed by atoms with van der Waals surface area (Å²) in [6.07, 6.45) is 3.65. The van der Waals surface area contributed by atoms with Crippen molar-refractivity contribution >= 4 is 27.4 Å². The van der Waals surface area contributed by atoms with Crippen LogP contribution in [0.25, 0.3) is 27.2 Å². The molecule has 0 saturated carbocycles. The molecule has 0 spiro atoms. The second kappa shape index (κ2) is 4.64. The van der Waals surface area contributed by atoms with Crippen molar-refractivity contribution in [2.45, 2.75) is 0 Å². The lowest BCUT2D eigenvalue weighted by Gasteiger charge is -2.06. The van der Waals surface area contributed by atoms with Crippen LogP contribution in [-0.2, 0) is 0 Å². The van der Waals surface area contributed by atoms with E-state index in [9.17, 15) is 0 Å². The topological polar surface area (TPSA) is 82.5 Å². The standard InChI is InChI=1S/C14H10N6S/c15-12-5-3-10(18-19-12)9-2-4-11(20-7-1-6-17-20)13-14(9)21-8-16-13/h1-8H,(H2,15,19). The summed E-state index contributed by atoms with van der Waals surface area (Å²) in [5.74, 6) is 0.410. The van der Waals surface area contributed by atoms with Crippen LogP contribution in [0.5, 0.6) is 0 Å². The van der Waals surface area contributed by atoms with Gasteiger partial charge in [-0.05, 0) is 30.3 Å². The SMILES string of the molecule is Nc1ccc(-c2ccc(-n3cccn3)c3ncsc23)nn1.